The average Bonchev–Trinajstić information content (AvgIpc) is 2.63. The zero-order valence-electron chi connectivity index (χ0n) is 17.2. The highest BCUT2D eigenvalue weighted by atomic mass is 19.5. The Hall–Kier alpha value is -3.22. The van der Waals surface area contributed by atoms with Gasteiger partial charge in [-0.1, -0.05) is 6.07 Å². The molecular weight excluding hydrogens is 546 g/mol. The van der Waals surface area contributed by atoms with E-state index in [-0.39, 0.29) is 11.4 Å². The molecule has 4 nitrogen and oxygen atoms in total. The third-order valence-corrected chi connectivity index (χ3v) is 2.66. The minimum Gasteiger partial charge on any atom is -0.497 e. The molecule has 1 amide bonds. The molecule has 0 fully saturated rings. The first kappa shape index (κ1) is 34.9. The molecule has 36 heavy (non-hydrogen) atoms. The second kappa shape index (κ2) is 14.4. The zero-order valence-corrected chi connectivity index (χ0v) is 17.2. The summed E-state index contributed by atoms with van der Waals surface area (Å²) in [5, 5.41) is 2.32. The SMILES string of the molecule is COc1cccc(C(=O)Nc2cc(C(F)(F)F)ccn2)c1.F[B-](F)(F)F.F[B-](F)(F)F.F[B-](F)(F)F. The number of methoxy groups -OCH3 is 1. The molecule has 1 aromatic carbocycles. The molecule has 206 valence electrons. The van der Waals surface area contributed by atoms with E-state index < -0.39 is 39.4 Å². The second-order valence-electron chi connectivity index (χ2n) is 5.60. The average molecular weight is 557 g/mol. The standard InChI is InChI=1S/C14H11F3N2O2.3BF4/c1-21-11-4-2-3-9(7-11)13(20)19-12-8-10(5-6-18-12)14(15,16)17;3*2-1(3,4)5/h2-8H,1H3,(H,18,19,20);;;/q;3*-1. The summed E-state index contributed by atoms with van der Waals surface area (Å²) in [4.78, 5) is 15.7. The van der Waals surface area contributed by atoms with Gasteiger partial charge in [0.1, 0.15) is 11.6 Å². The molecule has 2 aromatic rings. The van der Waals surface area contributed by atoms with Gasteiger partial charge in [0.05, 0.1) is 12.7 Å². The van der Waals surface area contributed by atoms with Crippen molar-refractivity contribution in [1.29, 1.82) is 0 Å². The number of rotatable bonds is 3. The minimum absolute atomic E-state index is 0.169. The van der Waals surface area contributed by atoms with Crippen LogP contribution in [0.4, 0.5) is 70.8 Å². The highest BCUT2D eigenvalue weighted by Gasteiger charge is 2.31. The summed E-state index contributed by atoms with van der Waals surface area (Å²) in [5.74, 6) is -0.266. The molecule has 2 rings (SSSR count). The van der Waals surface area contributed by atoms with E-state index in [0.29, 0.717) is 5.75 Å². The number of nitrogens with zero attached hydrogens (tertiary/aromatic N) is 1. The van der Waals surface area contributed by atoms with Gasteiger partial charge in [-0.25, -0.2) is 4.98 Å². The Balaban J connectivity index is 0. The number of ether oxygens (including phenoxy) is 1. The summed E-state index contributed by atoms with van der Waals surface area (Å²) in [6, 6.07) is 7.86. The largest absolute Gasteiger partial charge is 0.673 e. The van der Waals surface area contributed by atoms with Gasteiger partial charge < -0.3 is 61.8 Å². The lowest BCUT2D eigenvalue weighted by atomic mass is 10.2. The molecule has 1 N–H and O–H groups in total. The van der Waals surface area contributed by atoms with Gasteiger partial charge in [-0.2, -0.15) is 13.2 Å². The lowest BCUT2D eigenvalue weighted by Gasteiger charge is -2.09. The number of aromatic nitrogens is 1. The molecule has 0 aliphatic carbocycles. The monoisotopic (exact) mass is 557 g/mol. The van der Waals surface area contributed by atoms with Crippen molar-refractivity contribution in [2.24, 2.45) is 0 Å². The number of anilines is 1. The quantitative estimate of drug-likeness (QED) is 0.320. The fourth-order valence-corrected chi connectivity index (χ4v) is 1.63. The van der Waals surface area contributed by atoms with Gasteiger partial charge in [0.25, 0.3) is 5.91 Å². The molecule has 0 saturated heterocycles. The lowest BCUT2D eigenvalue weighted by molar-refractivity contribution is -0.137. The van der Waals surface area contributed by atoms with Gasteiger partial charge in [0, 0.05) is 11.8 Å². The number of halogens is 15. The van der Waals surface area contributed by atoms with Crippen LogP contribution in [-0.2, 0) is 6.18 Å². The van der Waals surface area contributed by atoms with Crippen LogP contribution < -0.4 is 10.1 Å². The Morgan fingerprint density at radius 1 is 0.806 bits per heavy atom. The first-order valence-corrected chi connectivity index (χ1v) is 8.50. The van der Waals surface area contributed by atoms with Crippen molar-refractivity contribution in [3.05, 3.63) is 53.7 Å². The molecule has 0 bridgehead atoms. The minimum atomic E-state index is -6.00. The number of hydrogen-bond donors (Lipinski definition) is 1. The van der Waals surface area contributed by atoms with Gasteiger partial charge in [-0.15, -0.1) is 0 Å². The molecular formula is C14H11B3F15N2O2-3. The van der Waals surface area contributed by atoms with E-state index in [0.717, 1.165) is 18.3 Å². The molecule has 0 radical (unpaired) electrons. The fraction of sp³-hybridized carbons (Fsp3) is 0.143. The molecule has 1 heterocycles. The maximum Gasteiger partial charge on any atom is 0.673 e. The van der Waals surface area contributed by atoms with Gasteiger partial charge in [-0.05, 0) is 30.3 Å². The van der Waals surface area contributed by atoms with Crippen molar-refractivity contribution < 1.29 is 74.5 Å². The maximum absolute atomic E-state index is 12.6. The Bertz CT molecular complexity index is 887. The number of nitrogens with one attached hydrogen (secondary N) is 1. The third-order valence-electron chi connectivity index (χ3n) is 2.66. The van der Waals surface area contributed by atoms with Crippen molar-refractivity contribution in [3.63, 3.8) is 0 Å². The predicted octanol–water partition coefficient (Wildman–Crippen LogP) is 7.26. The van der Waals surface area contributed by atoms with Crippen molar-refractivity contribution in [3.8, 4) is 5.75 Å². The van der Waals surface area contributed by atoms with Crippen LogP contribution in [0.15, 0.2) is 42.6 Å². The van der Waals surface area contributed by atoms with Crippen LogP contribution in [0.2, 0.25) is 0 Å². The van der Waals surface area contributed by atoms with Crippen LogP contribution in [0.1, 0.15) is 15.9 Å². The Kier molecular flexibility index (Phi) is 14.0. The van der Waals surface area contributed by atoms with E-state index in [2.05, 4.69) is 10.3 Å². The number of alkyl halides is 3. The van der Waals surface area contributed by atoms with Crippen LogP contribution in [0.25, 0.3) is 0 Å². The Labute approximate surface area is 192 Å². The van der Waals surface area contributed by atoms with Crippen molar-refractivity contribution in [2.45, 2.75) is 6.18 Å². The fourth-order valence-electron chi connectivity index (χ4n) is 1.63. The first-order valence-electron chi connectivity index (χ1n) is 8.50. The summed E-state index contributed by atoms with van der Waals surface area (Å²) in [6.07, 6.45) is -3.50. The summed E-state index contributed by atoms with van der Waals surface area (Å²) >= 11 is 0. The van der Waals surface area contributed by atoms with Crippen LogP contribution in [0, 0.1) is 0 Å². The molecule has 0 saturated carbocycles. The van der Waals surface area contributed by atoms with Crippen molar-refractivity contribution in [2.75, 3.05) is 12.4 Å². The maximum atomic E-state index is 12.6. The molecule has 0 atom stereocenters. The Morgan fingerprint density at radius 3 is 1.64 bits per heavy atom. The van der Waals surface area contributed by atoms with Crippen molar-refractivity contribution in [1.82, 2.24) is 4.98 Å². The van der Waals surface area contributed by atoms with Crippen LogP contribution in [-0.4, -0.2) is 39.8 Å². The number of benzene rings is 1. The van der Waals surface area contributed by atoms with E-state index >= 15 is 0 Å². The smallest absolute Gasteiger partial charge is 0.497 e. The second-order valence-corrected chi connectivity index (χ2v) is 5.60. The third kappa shape index (κ3) is 25.4. The van der Waals surface area contributed by atoms with Crippen molar-refractivity contribution >= 4 is 33.5 Å². The predicted molar refractivity (Wildman–Crippen MR) is 101 cm³/mol. The lowest BCUT2D eigenvalue weighted by Crippen LogP contribution is -2.14. The molecule has 22 heteroatoms. The zero-order chi connectivity index (χ0) is 29.0. The first-order chi connectivity index (χ1) is 15.9. The summed E-state index contributed by atoms with van der Waals surface area (Å²) in [6.45, 7) is 0. The van der Waals surface area contributed by atoms with E-state index in [1.807, 2.05) is 0 Å². The molecule has 0 spiro atoms. The molecule has 1 aromatic heterocycles. The van der Waals surface area contributed by atoms with E-state index in [1.54, 1.807) is 12.1 Å². The van der Waals surface area contributed by atoms with Crippen LogP contribution in [0.3, 0.4) is 0 Å². The summed E-state index contributed by atoms with van der Waals surface area (Å²) in [7, 11) is -16.6. The summed E-state index contributed by atoms with van der Waals surface area (Å²) < 4.78 is 160. The van der Waals surface area contributed by atoms with Gasteiger partial charge >= 0.3 is 27.9 Å². The number of carbonyl (C=O) groups excluding carboxylic acids is 1. The van der Waals surface area contributed by atoms with E-state index in [4.69, 9.17) is 4.74 Å². The van der Waals surface area contributed by atoms with Gasteiger partial charge in [-0.3, -0.25) is 4.79 Å². The number of pyridine rings is 1. The molecule has 0 unspecified atom stereocenters. The highest BCUT2D eigenvalue weighted by Crippen LogP contribution is 2.30. The number of amides is 1. The normalized spacial score (nSPS) is 11.4. The van der Waals surface area contributed by atoms with Gasteiger partial charge in [0.2, 0.25) is 0 Å². The highest BCUT2D eigenvalue weighted by molar-refractivity contribution is 6.50. The number of hydrogen-bond acceptors (Lipinski definition) is 3. The van der Waals surface area contributed by atoms with E-state index in [1.165, 1.54) is 19.2 Å². The topological polar surface area (TPSA) is 51.2 Å². The van der Waals surface area contributed by atoms with Gasteiger partial charge in [0.15, 0.2) is 0 Å². The van der Waals surface area contributed by atoms with Crippen LogP contribution in [0.5, 0.6) is 5.75 Å². The summed E-state index contributed by atoms with van der Waals surface area (Å²) in [5.41, 5.74) is -0.619. The molecule has 0 aliphatic heterocycles. The Morgan fingerprint density at radius 2 is 1.25 bits per heavy atom. The molecule has 0 aliphatic rings. The van der Waals surface area contributed by atoms with E-state index in [9.17, 15) is 69.8 Å². The number of carbonyl (C=O) groups is 1. The van der Waals surface area contributed by atoms with Crippen LogP contribution >= 0.6 is 0 Å².